The van der Waals surface area contributed by atoms with Gasteiger partial charge in [0.2, 0.25) is 0 Å². The van der Waals surface area contributed by atoms with E-state index in [1.807, 2.05) is 0 Å². The summed E-state index contributed by atoms with van der Waals surface area (Å²) in [6.07, 6.45) is 3.96. The molecule has 4 nitrogen and oxygen atoms in total. The van der Waals surface area contributed by atoms with Gasteiger partial charge in [-0.05, 0) is 55.2 Å². The quantitative estimate of drug-likeness (QED) is 0.606. The maximum absolute atomic E-state index is 12.8. The third kappa shape index (κ3) is 4.41. The Kier molecular flexibility index (Phi) is 6.38. The Morgan fingerprint density at radius 2 is 1.61 bits per heavy atom. The van der Waals surface area contributed by atoms with E-state index in [2.05, 4.69) is 67.7 Å². The van der Waals surface area contributed by atoms with Crippen molar-refractivity contribution in [3.8, 4) is 0 Å². The highest BCUT2D eigenvalue weighted by molar-refractivity contribution is 6.74. The molecule has 0 amide bonds. The topological polar surface area (TPSA) is 55.8 Å². The fourth-order valence-electron chi connectivity index (χ4n) is 3.83. The molecule has 2 aliphatic rings. The molecular weight excluding hydrogens is 384 g/mol. The first-order valence-electron chi connectivity index (χ1n) is 10.6. The number of ketones is 1. The van der Waals surface area contributed by atoms with E-state index in [1.54, 1.807) is 12.2 Å². The standard InChI is InChI=1S/C22H42O4Si2/c1-20(2,3)27(7,8)25-15-22-14-16(26-28(9,10)21(4,5)6)13-17(22)18(23)11-12-19(22)24/h11-12,16-17,19,24H,13-15H2,1-10H3/t16-,17+,19+,22-/m0/s1. The van der Waals surface area contributed by atoms with E-state index in [0.717, 1.165) is 0 Å². The van der Waals surface area contributed by atoms with Crippen LogP contribution in [0.5, 0.6) is 0 Å². The molecule has 0 saturated heterocycles. The Morgan fingerprint density at radius 1 is 1.07 bits per heavy atom. The zero-order valence-corrected chi connectivity index (χ0v) is 21.7. The van der Waals surface area contributed by atoms with E-state index in [-0.39, 0.29) is 27.9 Å². The Labute approximate surface area is 174 Å². The van der Waals surface area contributed by atoms with E-state index in [4.69, 9.17) is 8.85 Å². The van der Waals surface area contributed by atoms with E-state index in [0.29, 0.717) is 19.4 Å². The predicted molar refractivity (Wildman–Crippen MR) is 121 cm³/mol. The second-order valence-corrected chi connectivity index (χ2v) is 21.5. The number of carbonyl (C=O) groups excluding carboxylic acids is 1. The van der Waals surface area contributed by atoms with E-state index < -0.39 is 28.2 Å². The number of aliphatic hydroxyl groups is 1. The van der Waals surface area contributed by atoms with Crippen molar-refractivity contribution in [2.75, 3.05) is 6.61 Å². The minimum absolute atomic E-state index is 0.00686. The zero-order valence-electron chi connectivity index (χ0n) is 19.7. The molecule has 0 radical (unpaired) electrons. The SMILES string of the molecule is CC(C)(C)[Si](C)(C)OC[C@@]12C[C@@H](O[Si](C)(C)C(C)(C)C)C[C@@H]1C(=O)C=C[C@H]2O. The van der Waals surface area contributed by atoms with Crippen LogP contribution in [0.25, 0.3) is 0 Å². The highest BCUT2D eigenvalue weighted by Crippen LogP contribution is 2.53. The summed E-state index contributed by atoms with van der Waals surface area (Å²) in [5, 5.41) is 11.2. The largest absolute Gasteiger partial charge is 0.416 e. The molecule has 0 aromatic heterocycles. The average Bonchev–Trinajstić information content (AvgIpc) is 2.87. The van der Waals surface area contributed by atoms with Gasteiger partial charge in [0.1, 0.15) is 0 Å². The third-order valence-corrected chi connectivity index (χ3v) is 17.0. The molecule has 0 aromatic rings. The Bertz CT molecular complexity index is 627. The van der Waals surface area contributed by atoms with Gasteiger partial charge in [-0.1, -0.05) is 47.6 Å². The minimum atomic E-state index is -1.98. The van der Waals surface area contributed by atoms with E-state index in [9.17, 15) is 9.90 Å². The summed E-state index contributed by atoms with van der Waals surface area (Å²) < 4.78 is 13.2. The molecular formula is C22H42O4Si2. The second kappa shape index (κ2) is 7.45. The van der Waals surface area contributed by atoms with Crippen molar-refractivity contribution in [2.24, 2.45) is 11.3 Å². The number of hydrogen-bond acceptors (Lipinski definition) is 4. The molecule has 1 N–H and O–H groups in total. The van der Waals surface area contributed by atoms with Gasteiger partial charge in [-0.2, -0.15) is 0 Å². The maximum Gasteiger partial charge on any atom is 0.192 e. The summed E-state index contributed by atoms with van der Waals surface area (Å²) in [6, 6.07) is 0. The van der Waals surface area contributed by atoms with Gasteiger partial charge in [0.15, 0.2) is 22.4 Å². The van der Waals surface area contributed by atoms with Gasteiger partial charge in [0.05, 0.1) is 6.10 Å². The van der Waals surface area contributed by atoms with E-state index >= 15 is 0 Å². The van der Waals surface area contributed by atoms with Crippen molar-refractivity contribution in [3.05, 3.63) is 12.2 Å². The van der Waals surface area contributed by atoms with Crippen LogP contribution in [0.2, 0.25) is 36.3 Å². The highest BCUT2D eigenvalue weighted by Gasteiger charge is 2.57. The smallest absolute Gasteiger partial charge is 0.192 e. The van der Waals surface area contributed by atoms with Crippen molar-refractivity contribution >= 4 is 22.4 Å². The summed E-state index contributed by atoms with van der Waals surface area (Å²) in [5.74, 6) is -0.0995. The predicted octanol–water partition coefficient (Wildman–Crippen LogP) is 5.29. The lowest BCUT2D eigenvalue weighted by Crippen LogP contribution is -2.51. The molecule has 0 aromatic carbocycles. The molecule has 2 aliphatic carbocycles. The summed E-state index contributed by atoms with van der Waals surface area (Å²) in [4.78, 5) is 12.8. The molecule has 0 bridgehead atoms. The van der Waals surface area contributed by atoms with Crippen LogP contribution in [0.4, 0.5) is 0 Å². The first-order chi connectivity index (χ1) is 12.4. The lowest BCUT2D eigenvalue weighted by molar-refractivity contribution is -0.127. The molecule has 0 unspecified atom stereocenters. The fourth-order valence-corrected chi connectivity index (χ4v) is 6.26. The molecule has 162 valence electrons. The van der Waals surface area contributed by atoms with Gasteiger partial charge >= 0.3 is 0 Å². The van der Waals surface area contributed by atoms with Crippen LogP contribution in [-0.2, 0) is 13.6 Å². The fraction of sp³-hybridized carbons (Fsp3) is 0.864. The Hall–Kier alpha value is -0.276. The number of hydrogen-bond donors (Lipinski definition) is 1. The molecule has 1 saturated carbocycles. The van der Waals surface area contributed by atoms with Crippen molar-refractivity contribution in [3.63, 3.8) is 0 Å². The van der Waals surface area contributed by atoms with Crippen LogP contribution in [0.15, 0.2) is 12.2 Å². The first-order valence-corrected chi connectivity index (χ1v) is 16.5. The van der Waals surface area contributed by atoms with Crippen molar-refractivity contribution in [1.82, 2.24) is 0 Å². The number of carbonyl (C=O) groups is 1. The Morgan fingerprint density at radius 3 is 2.11 bits per heavy atom. The van der Waals surface area contributed by atoms with Crippen LogP contribution >= 0.6 is 0 Å². The number of allylic oxidation sites excluding steroid dienone is 1. The highest BCUT2D eigenvalue weighted by atomic mass is 28.4. The van der Waals surface area contributed by atoms with E-state index in [1.165, 1.54) is 0 Å². The van der Waals surface area contributed by atoms with Crippen molar-refractivity contribution in [1.29, 1.82) is 0 Å². The van der Waals surface area contributed by atoms with Crippen LogP contribution in [-0.4, -0.2) is 46.3 Å². The van der Waals surface area contributed by atoms with Crippen LogP contribution in [0.3, 0.4) is 0 Å². The normalized spacial score (nSPS) is 32.0. The number of aliphatic hydroxyl groups excluding tert-OH is 1. The van der Waals surface area contributed by atoms with Crippen LogP contribution in [0, 0.1) is 11.3 Å². The molecule has 6 heteroatoms. The summed E-state index contributed by atoms with van der Waals surface area (Å²) in [5.41, 5.74) is -0.561. The number of rotatable bonds is 5. The molecule has 28 heavy (non-hydrogen) atoms. The van der Waals surface area contributed by atoms with Crippen molar-refractivity contribution < 1.29 is 18.8 Å². The molecule has 0 spiro atoms. The lowest BCUT2D eigenvalue weighted by Gasteiger charge is -2.44. The summed E-state index contributed by atoms with van der Waals surface area (Å²) >= 11 is 0. The van der Waals surface area contributed by atoms with Gasteiger partial charge in [-0.25, -0.2) is 0 Å². The Balaban J connectivity index is 2.28. The monoisotopic (exact) mass is 426 g/mol. The first kappa shape index (κ1) is 24.0. The summed E-state index contributed by atoms with van der Waals surface area (Å²) in [7, 11) is -3.93. The van der Waals surface area contributed by atoms with Gasteiger partial charge < -0.3 is 14.0 Å². The molecule has 2 rings (SSSR count). The van der Waals surface area contributed by atoms with Gasteiger partial charge in [0, 0.05) is 24.0 Å². The molecule has 1 fully saturated rings. The van der Waals surface area contributed by atoms with Gasteiger partial charge in [0.25, 0.3) is 0 Å². The third-order valence-electron chi connectivity index (χ3n) is 7.95. The molecule has 0 aliphatic heterocycles. The second-order valence-electron chi connectivity index (χ2n) is 12.0. The summed E-state index contributed by atoms with van der Waals surface area (Å²) in [6.45, 7) is 22.8. The molecule has 4 atom stereocenters. The van der Waals surface area contributed by atoms with Crippen molar-refractivity contribution in [2.45, 2.75) is 103 Å². The number of fused-ring (bicyclic) bond motifs is 1. The van der Waals surface area contributed by atoms with Gasteiger partial charge in [-0.15, -0.1) is 0 Å². The van der Waals surface area contributed by atoms with Crippen LogP contribution < -0.4 is 0 Å². The van der Waals surface area contributed by atoms with Gasteiger partial charge in [-0.3, -0.25) is 4.79 Å². The lowest BCUT2D eigenvalue weighted by atomic mass is 9.69. The minimum Gasteiger partial charge on any atom is -0.416 e. The molecule has 0 heterocycles. The van der Waals surface area contributed by atoms with Crippen LogP contribution in [0.1, 0.15) is 54.4 Å². The zero-order chi connectivity index (χ0) is 21.8. The average molecular weight is 427 g/mol. The maximum atomic E-state index is 12.8.